The molecular formula is C25H26N4O2. The molecule has 0 saturated heterocycles. The molecule has 0 bridgehead atoms. The first-order valence-electron chi connectivity index (χ1n) is 10.1. The molecule has 0 spiro atoms. The van der Waals surface area contributed by atoms with Crippen molar-refractivity contribution in [2.75, 3.05) is 11.9 Å². The van der Waals surface area contributed by atoms with Gasteiger partial charge in [0.2, 0.25) is 5.91 Å². The molecule has 0 heterocycles. The number of amides is 2. The lowest BCUT2D eigenvalue weighted by atomic mass is 10.1. The van der Waals surface area contributed by atoms with Crippen LogP contribution in [0.5, 0.6) is 0 Å². The van der Waals surface area contributed by atoms with Crippen LogP contribution in [0.4, 0.5) is 17.1 Å². The normalized spacial score (nSPS) is 10.8. The van der Waals surface area contributed by atoms with Crippen molar-refractivity contribution in [1.82, 2.24) is 5.32 Å². The van der Waals surface area contributed by atoms with Gasteiger partial charge in [0.1, 0.15) is 5.69 Å². The zero-order valence-corrected chi connectivity index (χ0v) is 18.0. The minimum absolute atomic E-state index is 0.153. The van der Waals surface area contributed by atoms with Gasteiger partial charge in [0.15, 0.2) is 0 Å². The van der Waals surface area contributed by atoms with Gasteiger partial charge in [-0.05, 0) is 62.2 Å². The summed E-state index contributed by atoms with van der Waals surface area (Å²) >= 11 is 0. The van der Waals surface area contributed by atoms with Gasteiger partial charge in [-0.3, -0.25) is 9.59 Å². The number of hydrogen-bond acceptors (Lipinski definition) is 4. The summed E-state index contributed by atoms with van der Waals surface area (Å²) in [6.45, 7) is 6.09. The highest BCUT2D eigenvalue weighted by Gasteiger charge is 2.10. The van der Waals surface area contributed by atoms with E-state index in [1.807, 2.05) is 81.4 Å². The summed E-state index contributed by atoms with van der Waals surface area (Å²) in [7, 11) is 0. The van der Waals surface area contributed by atoms with Gasteiger partial charge in [-0.2, -0.15) is 5.11 Å². The summed E-state index contributed by atoms with van der Waals surface area (Å²) in [6, 6.07) is 20.7. The second kappa shape index (κ2) is 10.3. The Labute approximate surface area is 182 Å². The highest BCUT2D eigenvalue weighted by Crippen LogP contribution is 2.28. The molecule has 0 aliphatic heterocycles. The van der Waals surface area contributed by atoms with Crippen LogP contribution in [0.2, 0.25) is 0 Å². The minimum atomic E-state index is -0.208. The van der Waals surface area contributed by atoms with Crippen LogP contribution in [-0.4, -0.2) is 18.4 Å². The molecule has 0 saturated carbocycles. The van der Waals surface area contributed by atoms with Gasteiger partial charge in [0, 0.05) is 18.5 Å². The molecule has 31 heavy (non-hydrogen) atoms. The van der Waals surface area contributed by atoms with Crippen LogP contribution in [0, 0.1) is 20.8 Å². The van der Waals surface area contributed by atoms with Crippen LogP contribution in [0.3, 0.4) is 0 Å². The molecule has 3 aromatic carbocycles. The molecule has 0 aliphatic rings. The molecule has 0 aromatic heterocycles. The molecule has 2 amide bonds. The van der Waals surface area contributed by atoms with E-state index in [9.17, 15) is 9.59 Å². The Morgan fingerprint density at radius 1 is 0.839 bits per heavy atom. The van der Waals surface area contributed by atoms with Crippen molar-refractivity contribution in [3.8, 4) is 0 Å². The highest BCUT2D eigenvalue weighted by atomic mass is 16.2. The third-order valence-corrected chi connectivity index (χ3v) is 4.76. The number of rotatable bonds is 7. The van der Waals surface area contributed by atoms with Crippen molar-refractivity contribution in [2.24, 2.45) is 10.2 Å². The number of aryl methyl sites for hydroxylation is 3. The predicted octanol–water partition coefficient (Wildman–Crippen LogP) is 5.79. The van der Waals surface area contributed by atoms with Crippen molar-refractivity contribution in [3.63, 3.8) is 0 Å². The number of azo groups is 1. The minimum Gasteiger partial charge on any atom is -0.352 e. The van der Waals surface area contributed by atoms with Gasteiger partial charge in [-0.15, -0.1) is 5.11 Å². The summed E-state index contributed by atoms with van der Waals surface area (Å²) < 4.78 is 0. The van der Waals surface area contributed by atoms with E-state index in [-0.39, 0.29) is 24.8 Å². The largest absolute Gasteiger partial charge is 0.352 e. The highest BCUT2D eigenvalue weighted by molar-refractivity contribution is 5.97. The fourth-order valence-corrected chi connectivity index (χ4v) is 2.98. The lowest BCUT2D eigenvalue weighted by Gasteiger charge is -2.10. The Hall–Kier alpha value is -3.80. The number of carbonyl (C=O) groups excluding carboxylic acids is 2. The fourth-order valence-electron chi connectivity index (χ4n) is 2.98. The van der Waals surface area contributed by atoms with E-state index in [2.05, 4.69) is 20.9 Å². The molecule has 0 aliphatic carbocycles. The van der Waals surface area contributed by atoms with E-state index in [1.165, 1.54) is 0 Å². The third kappa shape index (κ3) is 6.34. The zero-order chi connectivity index (χ0) is 22.2. The van der Waals surface area contributed by atoms with E-state index < -0.39 is 0 Å². The molecule has 2 N–H and O–H groups in total. The molecule has 0 radical (unpaired) electrons. The van der Waals surface area contributed by atoms with E-state index >= 15 is 0 Å². The number of hydrogen-bond donors (Lipinski definition) is 2. The standard InChI is InChI=1S/C25H26N4O2/c1-17-8-11-20(12-9-17)28-29-23-16-18(2)10-13-22(23)27-24(30)14-15-26-25(31)21-7-5-4-6-19(21)3/h4-13,16H,14-15H2,1-3H3,(H,26,31)(H,27,30). The van der Waals surface area contributed by atoms with Crippen LogP contribution < -0.4 is 10.6 Å². The second-order valence-corrected chi connectivity index (χ2v) is 7.43. The van der Waals surface area contributed by atoms with Crippen LogP contribution in [-0.2, 0) is 4.79 Å². The van der Waals surface area contributed by atoms with Gasteiger partial charge >= 0.3 is 0 Å². The molecule has 158 valence electrons. The number of benzene rings is 3. The summed E-state index contributed by atoms with van der Waals surface area (Å²) in [5, 5.41) is 14.2. The average Bonchev–Trinajstić information content (AvgIpc) is 2.75. The predicted molar refractivity (Wildman–Crippen MR) is 123 cm³/mol. The van der Waals surface area contributed by atoms with E-state index in [1.54, 1.807) is 6.07 Å². The number of nitrogens with one attached hydrogen (secondary N) is 2. The number of anilines is 1. The van der Waals surface area contributed by atoms with Gasteiger partial charge in [-0.1, -0.05) is 42.0 Å². The molecule has 6 nitrogen and oxygen atoms in total. The van der Waals surface area contributed by atoms with E-state index in [0.717, 1.165) is 22.4 Å². The molecular weight excluding hydrogens is 388 g/mol. The molecule has 0 atom stereocenters. The monoisotopic (exact) mass is 414 g/mol. The summed E-state index contributed by atoms with van der Waals surface area (Å²) in [5.41, 5.74) is 5.57. The first kappa shape index (κ1) is 21.9. The smallest absolute Gasteiger partial charge is 0.251 e. The first-order valence-corrected chi connectivity index (χ1v) is 10.1. The Balaban J connectivity index is 1.60. The maximum absolute atomic E-state index is 12.4. The average molecular weight is 415 g/mol. The van der Waals surface area contributed by atoms with E-state index in [0.29, 0.717) is 16.9 Å². The molecule has 0 fully saturated rings. The molecule has 6 heteroatoms. The van der Waals surface area contributed by atoms with Gasteiger partial charge in [0.25, 0.3) is 5.91 Å². The van der Waals surface area contributed by atoms with Crippen molar-refractivity contribution in [2.45, 2.75) is 27.2 Å². The van der Waals surface area contributed by atoms with Crippen LogP contribution in [0.1, 0.15) is 33.5 Å². The van der Waals surface area contributed by atoms with Crippen LogP contribution >= 0.6 is 0 Å². The summed E-state index contributed by atoms with van der Waals surface area (Å²) in [4.78, 5) is 24.7. The first-order chi connectivity index (χ1) is 14.9. The van der Waals surface area contributed by atoms with Crippen molar-refractivity contribution < 1.29 is 9.59 Å². The zero-order valence-electron chi connectivity index (χ0n) is 18.0. The van der Waals surface area contributed by atoms with E-state index in [4.69, 9.17) is 0 Å². The Bertz CT molecular complexity index is 1100. The SMILES string of the molecule is Cc1ccc(N=Nc2cc(C)ccc2NC(=O)CCNC(=O)c2ccccc2C)cc1. The molecule has 0 unspecified atom stereocenters. The topological polar surface area (TPSA) is 82.9 Å². The lowest BCUT2D eigenvalue weighted by molar-refractivity contribution is -0.116. The lowest BCUT2D eigenvalue weighted by Crippen LogP contribution is -2.28. The maximum atomic E-state index is 12.4. The quantitative estimate of drug-likeness (QED) is 0.480. The van der Waals surface area contributed by atoms with Crippen molar-refractivity contribution >= 4 is 28.9 Å². The molecule has 3 rings (SSSR count). The third-order valence-electron chi connectivity index (χ3n) is 4.76. The van der Waals surface area contributed by atoms with Gasteiger partial charge < -0.3 is 10.6 Å². The maximum Gasteiger partial charge on any atom is 0.251 e. The summed E-state index contributed by atoms with van der Waals surface area (Å²) in [6.07, 6.45) is 0.153. The number of carbonyl (C=O) groups is 2. The Morgan fingerprint density at radius 3 is 2.29 bits per heavy atom. The van der Waals surface area contributed by atoms with Crippen LogP contribution in [0.15, 0.2) is 77.0 Å². The second-order valence-electron chi connectivity index (χ2n) is 7.43. The van der Waals surface area contributed by atoms with Crippen molar-refractivity contribution in [3.05, 3.63) is 89.0 Å². The summed E-state index contributed by atoms with van der Waals surface area (Å²) in [5.74, 6) is -0.394. The van der Waals surface area contributed by atoms with Crippen LogP contribution in [0.25, 0.3) is 0 Å². The Morgan fingerprint density at radius 2 is 1.55 bits per heavy atom. The number of nitrogens with zero attached hydrogens (tertiary/aromatic N) is 2. The molecule has 3 aromatic rings. The van der Waals surface area contributed by atoms with Gasteiger partial charge in [0.05, 0.1) is 11.4 Å². The Kier molecular flexibility index (Phi) is 7.27. The van der Waals surface area contributed by atoms with Crippen molar-refractivity contribution in [1.29, 1.82) is 0 Å². The fraction of sp³-hybridized carbons (Fsp3) is 0.200. The van der Waals surface area contributed by atoms with Gasteiger partial charge in [-0.25, -0.2) is 0 Å².